The number of rotatable bonds is 7. The summed E-state index contributed by atoms with van der Waals surface area (Å²) in [5.74, 6) is 0.252. The van der Waals surface area contributed by atoms with E-state index in [2.05, 4.69) is 10.3 Å². The summed E-state index contributed by atoms with van der Waals surface area (Å²) >= 11 is 0. The van der Waals surface area contributed by atoms with Crippen LogP contribution in [0.2, 0.25) is 0 Å². The molecule has 1 aromatic carbocycles. The number of hydrogen-bond acceptors (Lipinski definition) is 6. The van der Waals surface area contributed by atoms with E-state index < -0.39 is 23.7 Å². The maximum Gasteiger partial charge on any atom is 0.416 e. The van der Waals surface area contributed by atoms with Crippen molar-refractivity contribution in [3.05, 3.63) is 47.7 Å². The molecule has 1 aliphatic rings. The molecule has 1 saturated heterocycles. The minimum Gasteiger partial charge on any atom is -0.453 e. The van der Waals surface area contributed by atoms with Crippen LogP contribution in [0.3, 0.4) is 0 Å². The number of nitrogens with one attached hydrogen (secondary N) is 1. The highest BCUT2D eigenvalue weighted by Gasteiger charge is 2.32. The topological polar surface area (TPSA) is 94.9 Å². The zero-order valence-electron chi connectivity index (χ0n) is 16.2. The molecule has 2 atom stereocenters. The van der Waals surface area contributed by atoms with Crippen molar-refractivity contribution >= 4 is 11.7 Å². The third-order valence-electron chi connectivity index (χ3n) is 4.76. The van der Waals surface area contributed by atoms with Gasteiger partial charge in [-0.15, -0.1) is 0 Å². The number of carbonyl (C=O) groups is 1. The van der Waals surface area contributed by atoms with Gasteiger partial charge >= 0.3 is 6.18 Å². The van der Waals surface area contributed by atoms with E-state index >= 15 is 0 Å². The fourth-order valence-corrected chi connectivity index (χ4v) is 2.94. The van der Waals surface area contributed by atoms with E-state index in [1.54, 1.807) is 11.8 Å². The molecule has 2 heterocycles. The number of benzene rings is 1. The third kappa shape index (κ3) is 4.82. The second kappa shape index (κ2) is 8.88. The Morgan fingerprint density at radius 2 is 1.97 bits per heavy atom. The third-order valence-corrected chi connectivity index (χ3v) is 4.76. The molecule has 0 bridgehead atoms. The average molecular weight is 425 g/mol. The molecule has 1 fully saturated rings. The molecule has 0 unspecified atom stereocenters. The van der Waals surface area contributed by atoms with Crippen LogP contribution in [-0.4, -0.2) is 52.9 Å². The van der Waals surface area contributed by atoms with Crippen molar-refractivity contribution in [3.63, 3.8) is 0 Å². The van der Waals surface area contributed by atoms with Gasteiger partial charge in [0.05, 0.1) is 24.8 Å². The number of pyridine rings is 1. The first-order chi connectivity index (χ1) is 14.2. The number of anilines is 1. The van der Waals surface area contributed by atoms with E-state index in [-0.39, 0.29) is 36.4 Å². The van der Waals surface area contributed by atoms with Gasteiger partial charge < -0.3 is 25.2 Å². The Morgan fingerprint density at radius 3 is 2.50 bits per heavy atom. The summed E-state index contributed by atoms with van der Waals surface area (Å²) in [6.45, 7) is 1.88. The van der Waals surface area contributed by atoms with E-state index in [4.69, 9.17) is 9.84 Å². The normalized spacial score (nSPS) is 17.3. The van der Waals surface area contributed by atoms with Gasteiger partial charge in [-0.1, -0.05) is 0 Å². The largest absolute Gasteiger partial charge is 0.453 e. The molecule has 1 aromatic heterocycles. The smallest absolute Gasteiger partial charge is 0.416 e. The first kappa shape index (κ1) is 21.8. The monoisotopic (exact) mass is 425 g/mol. The number of amides is 1. The number of carbonyl (C=O) groups excluding carboxylic acids is 1. The zero-order valence-corrected chi connectivity index (χ0v) is 16.2. The average Bonchev–Trinajstić information content (AvgIpc) is 2.68. The van der Waals surface area contributed by atoms with Crippen LogP contribution in [0.15, 0.2) is 36.4 Å². The van der Waals surface area contributed by atoms with Crippen LogP contribution in [0.25, 0.3) is 0 Å². The second-order valence-corrected chi connectivity index (χ2v) is 7.02. The summed E-state index contributed by atoms with van der Waals surface area (Å²) in [4.78, 5) is 18.5. The van der Waals surface area contributed by atoms with E-state index in [9.17, 15) is 23.1 Å². The molecule has 0 aliphatic carbocycles. The fraction of sp³-hybridized carbons (Fsp3) is 0.400. The van der Waals surface area contributed by atoms with Crippen molar-refractivity contribution in [1.82, 2.24) is 10.3 Å². The molecule has 1 amide bonds. The molecule has 2 aromatic rings. The summed E-state index contributed by atoms with van der Waals surface area (Å²) in [6, 6.07) is 6.52. The molecule has 3 rings (SSSR count). The summed E-state index contributed by atoms with van der Waals surface area (Å²) < 4.78 is 44.0. The van der Waals surface area contributed by atoms with Gasteiger partial charge in [0.15, 0.2) is 11.6 Å². The molecular formula is C20H22F3N3O4. The lowest BCUT2D eigenvalue weighted by molar-refractivity contribution is -0.137. The van der Waals surface area contributed by atoms with Crippen molar-refractivity contribution < 1.29 is 32.9 Å². The molecule has 7 nitrogen and oxygen atoms in total. The maximum atomic E-state index is 12.8. The number of alkyl halides is 3. The Bertz CT molecular complexity index is 888. The lowest BCUT2D eigenvalue weighted by Gasteiger charge is -2.41. The Hall–Kier alpha value is -2.85. The van der Waals surface area contributed by atoms with Crippen molar-refractivity contribution in [2.24, 2.45) is 0 Å². The van der Waals surface area contributed by atoms with E-state index in [1.807, 2.05) is 0 Å². The van der Waals surface area contributed by atoms with Crippen molar-refractivity contribution in [1.29, 1.82) is 0 Å². The molecular weight excluding hydrogens is 403 g/mol. The standard InChI is InChI=1S/C20H22F3N3O4/c1-12(10-27)24-19(29)16-6-7-17(18(25-16)26-9-8-14(26)11-28)30-15-4-2-13(3-5-15)20(21,22)23/h2-7,12,14,27-28H,8-11H2,1H3,(H,24,29)/t12-,14+/m1/s1. The Morgan fingerprint density at radius 1 is 1.27 bits per heavy atom. The number of aliphatic hydroxyl groups is 2. The van der Waals surface area contributed by atoms with Crippen LogP contribution in [0.1, 0.15) is 29.4 Å². The van der Waals surface area contributed by atoms with Gasteiger partial charge in [-0.25, -0.2) is 4.98 Å². The molecule has 1 aliphatic heterocycles. The molecule has 30 heavy (non-hydrogen) atoms. The van der Waals surface area contributed by atoms with E-state index in [1.165, 1.54) is 24.3 Å². The van der Waals surface area contributed by atoms with Crippen LogP contribution in [0.5, 0.6) is 11.5 Å². The number of ether oxygens (including phenoxy) is 1. The van der Waals surface area contributed by atoms with Gasteiger partial charge in [0, 0.05) is 12.6 Å². The van der Waals surface area contributed by atoms with Crippen molar-refractivity contribution in [2.45, 2.75) is 31.6 Å². The number of aliphatic hydroxyl groups excluding tert-OH is 2. The number of halogens is 3. The molecule has 0 radical (unpaired) electrons. The van der Waals surface area contributed by atoms with Gasteiger partial charge in [0.1, 0.15) is 11.4 Å². The lowest BCUT2D eigenvalue weighted by atomic mass is 10.0. The SMILES string of the molecule is C[C@H](CO)NC(=O)c1ccc(Oc2ccc(C(F)(F)F)cc2)c(N2CC[C@H]2CO)n1. The molecule has 10 heteroatoms. The van der Waals surface area contributed by atoms with Gasteiger partial charge in [0.25, 0.3) is 5.91 Å². The summed E-state index contributed by atoms with van der Waals surface area (Å²) in [7, 11) is 0. The predicted octanol–water partition coefficient (Wildman–Crippen LogP) is 2.57. The summed E-state index contributed by atoms with van der Waals surface area (Å²) in [6.07, 6.45) is -3.71. The van der Waals surface area contributed by atoms with Crippen LogP contribution in [-0.2, 0) is 6.18 Å². The maximum absolute atomic E-state index is 12.8. The fourth-order valence-electron chi connectivity index (χ4n) is 2.94. The second-order valence-electron chi connectivity index (χ2n) is 7.02. The van der Waals surface area contributed by atoms with Gasteiger partial charge in [-0.2, -0.15) is 13.2 Å². The van der Waals surface area contributed by atoms with Crippen LogP contribution in [0, 0.1) is 0 Å². The van der Waals surface area contributed by atoms with Crippen molar-refractivity contribution in [3.8, 4) is 11.5 Å². The highest BCUT2D eigenvalue weighted by molar-refractivity contribution is 5.93. The first-order valence-corrected chi connectivity index (χ1v) is 9.38. The quantitative estimate of drug-likeness (QED) is 0.631. The molecule has 0 saturated carbocycles. The van der Waals surface area contributed by atoms with E-state index in [0.717, 1.165) is 18.6 Å². The summed E-state index contributed by atoms with van der Waals surface area (Å²) in [5.41, 5.74) is -0.699. The molecule has 0 spiro atoms. The van der Waals surface area contributed by atoms with Crippen LogP contribution < -0.4 is 15.0 Å². The van der Waals surface area contributed by atoms with Gasteiger partial charge in [-0.3, -0.25) is 4.79 Å². The minimum absolute atomic E-state index is 0.0914. The van der Waals surface area contributed by atoms with Gasteiger partial charge in [-0.05, 0) is 49.7 Å². The number of nitrogens with zero attached hydrogens (tertiary/aromatic N) is 2. The lowest BCUT2D eigenvalue weighted by Crippen LogP contribution is -2.50. The van der Waals surface area contributed by atoms with Gasteiger partial charge in [0.2, 0.25) is 0 Å². The highest BCUT2D eigenvalue weighted by Crippen LogP contribution is 2.37. The predicted molar refractivity (Wildman–Crippen MR) is 103 cm³/mol. The molecule has 162 valence electrons. The Balaban J connectivity index is 1.88. The van der Waals surface area contributed by atoms with Crippen molar-refractivity contribution in [2.75, 3.05) is 24.7 Å². The number of aromatic nitrogens is 1. The highest BCUT2D eigenvalue weighted by atomic mass is 19.4. The zero-order chi connectivity index (χ0) is 21.9. The summed E-state index contributed by atoms with van der Waals surface area (Å²) in [5, 5.41) is 21.2. The Labute approximate surface area is 171 Å². The minimum atomic E-state index is -4.45. The first-order valence-electron chi connectivity index (χ1n) is 9.38. The van der Waals surface area contributed by atoms with E-state index in [0.29, 0.717) is 12.4 Å². The van der Waals surface area contributed by atoms with Crippen LogP contribution >= 0.6 is 0 Å². The molecule has 3 N–H and O–H groups in total. The van der Waals surface area contributed by atoms with Crippen LogP contribution in [0.4, 0.5) is 19.0 Å². The Kier molecular flexibility index (Phi) is 6.47. The number of hydrogen-bond donors (Lipinski definition) is 3.